The van der Waals surface area contributed by atoms with E-state index < -0.39 is 0 Å². The zero-order chi connectivity index (χ0) is 10.9. The van der Waals surface area contributed by atoms with Crippen LogP contribution in [0.15, 0.2) is 4.42 Å². The summed E-state index contributed by atoms with van der Waals surface area (Å²) in [5.41, 5.74) is -0.322. The first kappa shape index (κ1) is 11.0. The third-order valence-corrected chi connectivity index (χ3v) is 1.81. The summed E-state index contributed by atoms with van der Waals surface area (Å²) in [7, 11) is 0. The average Bonchev–Trinajstić information content (AvgIpc) is 2.30. The fourth-order valence-electron chi connectivity index (χ4n) is 1.22. The lowest BCUT2D eigenvalue weighted by Gasteiger charge is -2.20. The van der Waals surface area contributed by atoms with Crippen molar-refractivity contribution in [3.63, 3.8) is 0 Å². The molecule has 14 heavy (non-hydrogen) atoms. The van der Waals surface area contributed by atoms with Gasteiger partial charge in [0.05, 0.1) is 0 Å². The van der Waals surface area contributed by atoms with Gasteiger partial charge in [0.1, 0.15) is 17.1 Å². The van der Waals surface area contributed by atoms with Crippen molar-refractivity contribution in [3.05, 3.63) is 11.5 Å². The highest BCUT2D eigenvalue weighted by molar-refractivity contribution is 5.45. The Labute approximate surface area is 84.7 Å². The van der Waals surface area contributed by atoms with Crippen LogP contribution in [0.3, 0.4) is 0 Å². The quantitative estimate of drug-likeness (QED) is 0.794. The highest BCUT2D eigenvalue weighted by Gasteiger charge is 2.22. The summed E-state index contributed by atoms with van der Waals surface area (Å²) in [4.78, 5) is 0. The van der Waals surface area contributed by atoms with Gasteiger partial charge in [-0.3, -0.25) is 0 Å². The van der Waals surface area contributed by atoms with E-state index in [1.165, 1.54) is 0 Å². The van der Waals surface area contributed by atoms with Crippen molar-refractivity contribution in [2.75, 3.05) is 0 Å². The molecule has 1 heterocycles. The normalized spacial score (nSPS) is 11.8. The minimum Gasteiger partial charge on any atom is -0.502 e. The Balaban J connectivity index is 3.06. The fourth-order valence-corrected chi connectivity index (χ4v) is 1.22. The van der Waals surface area contributed by atoms with Crippen LogP contribution in [0.2, 0.25) is 0 Å². The van der Waals surface area contributed by atoms with Gasteiger partial charge in [0.15, 0.2) is 5.75 Å². The summed E-state index contributed by atoms with van der Waals surface area (Å²) in [6, 6.07) is 0. The van der Waals surface area contributed by atoms with Gasteiger partial charge in [0, 0.05) is 6.42 Å². The summed E-state index contributed by atoms with van der Waals surface area (Å²) in [5, 5.41) is 9.69. The summed E-state index contributed by atoms with van der Waals surface area (Å²) >= 11 is 0. The smallest absolute Gasteiger partial charge is 0.203 e. The Kier molecular flexibility index (Phi) is 2.79. The van der Waals surface area contributed by atoms with Crippen LogP contribution in [-0.2, 0) is 6.42 Å². The molecule has 0 saturated carbocycles. The predicted octanol–water partition coefficient (Wildman–Crippen LogP) is 3.03. The molecule has 3 nitrogen and oxygen atoms in total. The Morgan fingerprint density at radius 2 is 1.93 bits per heavy atom. The van der Waals surface area contributed by atoms with Crippen LogP contribution in [0.25, 0.3) is 0 Å². The van der Waals surface area contributed by atoms with Crippen molar-refractivity contribution in [1.82, 2.24) is 0 Å². The topological polar surface area (TPSA) is 42.6 Å². The molecule has 0 aliphatic rings. The van der Waals surface area contributed by atoms with Gasteiger partial charge < -0.3 is 14.3 Å². The largest absolute Gasteiger partial charge is 0.502 e. The molecule has 0 radical (unpaired) electrons. The van der Waals surface area contributed by atoms with Crippen LogP contribution < -0.4 is 4.74 Å². The summed E-state index contributed by atoms with van der Waals surface area (Å²) in [5.74, 6) is 1.82. The number of ether oxygens (including phenoxy) is 1. The molecule has 0 amide bonds. The molecule has 1 aromatic heterocycles. The maximum absolute atomic E-state index is 9.69. The van der Waals surface area contributed by atoms with Crippen molar-refractivity contribution >= 4 is 0 Å². The SMILES string of the molecule is CCc1oc(C)c(O)c1OC(C)(C)C. The molecule has 0 saturated heterocycles. The number of furan rings is 1. The van der Waals surface area contributed by atoms with Gasteiger partial charge in [-0.25, -0.2) is 0 Å². The summed E-state index contributed by atoms with van der Waals surface area (Å²) < 4.78 is 11.0. The molecule has 0 unspecified atom stereocenters. The van der Waals surface area contributed by atoms with Crippen molar-refractivity contribution in [3.8, 4) is 11.5 Å². The van der Waals surface area contributed by atoms with Gasteiger partial charge in [-0.1, -0.05) is 6.92 Å². The maximum Gasteiger partial charge on any atom is 0.203 e. The van der Waals surface area contributed by atoms with E-state index in [2.05, 4.69) is 0 Å². The molecule has 1 N–H and O–H groups in total. The summed E-state index contributed by atoms with van der Waals surface area (Å²) in [6.07, 6.45) is 0.715. The Morgan fingerprint density at radius 1 is 1.36 bits per heavy atom. The molecular weight excluding hydrogens is 180 g/mol. The number of aromatic hydroxyl groups is 1. The molecule has 3 heteroatoms. The molecule has 1 rings (SSSR count). The van der Waals surface area contributed by atoms with Crippen LogP contribution >= 0.6 is 0 Å². The second-order valence-electron chi connectivity index (χ2n) is 4.33. The van der Waals surface area contributed by atoms with Gasteiger partial charge in [0.25, 0.3) is 0 Å². The second-order valence-corrected chi connectivity index (χ2v) is 4.33. The molecule has 0 bridgehead atoms. The first-order valence-electron chi connectivity index (χ1n) is 4.85. The molecule has 80 valence electrons. The molecule has 1 aromatic rings. The number of aryl methyl sites for hydroxylation is 2. The number of rotatable bonds is 2. The third-order valence-electron chi connectivity index (χ3n) is 1.81. The van der Waals surface area contributed by atoms with E-state index >= 15 is 0 Å². The highest BCUT2D eigenvalue weighted by Crippen LogP contribution is 2.38. The van der Waals surface area contributed by atoms with E-state index in [0.717, 1.165) is 0 Å². The van der Waals surface area contributed by atoms with Gasteiger partial charge in [-0.2, -0.15) is 0 Å². The zero-order valence-electron chi connectivity index (χ0n) is 9.47. The first-order chi connectivity index (χ1) is 6.35. The van der Waals surface area contributed by atoms with Crippen LogP contribution in [0.1, 0.15) is 39.2 Å². The molecule has 0 spiro atoms. The Hall–Kier alpha value is -1.12. The van der Waals surface area contributed by atoms with Crippen molar-refractivity contribution in [2.24, 2.45) is 0 Å². The standard InChI is InChI=1S/C11H18O3/c1-6-8-10(14-11(3,4)5)9(12)7(2)13-8/h12H,6H2,1-5H3. The van der Waals surface area contributed by atoms with Gasteiger partial charge in [-0.15, -0.1) is 0 Å². The van der Waals surface area contributed by atoms with E-state index in [1.54, 1.807) is 6.92 Å². The Bertz CT molecular complexity index is 318. The molecule has 0 fully saturated rings. The fraction of sp³-hybridized carbons (Fsp3) is 0.636. The van der Waals surface area contributed by atoms with Gasteiger partial charge in [-0.05, 0) is 27.7 Å². The van der Waals surface area contributed by atoms with Gasteiger partial charge in [0.2, 0.25) is 5.75 Å². The van der Waals surface area contributed by atoms with Crippen LogP contribution in [0, 0.1) is 6.92 Å². The van der Waals surface area contributed by atoms with Crippen molar-refractivity contribution in [1.29, 1.82) is 0 Å². The lowest BCUT2D eigenvalue weighted by atomic mass is 10.2. The maximum atomic E-state index is 9.69. The third kappa shape index (κ3) is 2.22. The first-order valence-corrected chi connectivity index (χ1v) is 4.85. The predicted molar refractivity (Wildman–Crippen MR) is 54.9 cm³/mol. The Morgan fingerprint density at radius 3 is 2.36 bits per heavy atom. The average molecular weight is 198 g/mol. The highest BCUT2D eigenvalue weighted by atomic mass is 16.5. The number of hydrogen-bond donors (Lipinski definition) is 1. The van der Waals surface area contributed by atoms with Crippen LogP contribution in [0.5, 0.6) is 11.5 Å². The van der Waals surface area contributed by atoms with E-state index in [1.807, 2.05) is 27.7 Å². The molecule has 0 aliphatic heterocycles. The lowest BCUT2D eigenvalue weighted by Crippen LogP contribution is -2.23. The second kappa shape index (κ2) is 3.56. The van der Waals surface area contributed by atoms with E-state index in [0.29, 0.717) is 23.7 Å². The van der Waals surface area contributed by atoms with Gasteiger partial charge >= 0.3 is 0 Å². The number of hydrogen-bond acceptors (Lipinski definition) is 3. The molecule has 0 atom stereocenters. The lowest BCUT2D eigenvalue weighted by molar-refractivity contribution is 0.123. The van der Waals surface area contributed by atoms with Crippen molar-refractivity contribution in [2.45, 2.75) is 46.6 Å². The van der Waals surface area contributed by atoms with E-state index in [4.69, 9.17) is 9.15 Å². The van der Waals surface area contributed by atoms with Crippen LogP contribution in [-0.4, -0.2) is 10.7 Å². The van der Waals surface area contributed by atoms with Crippen LogP contribution in [0.4, 0.5) is 0 Å². The minimum absolute atomic E-state index is 0.122. The monoisotopic (exact) mass is 198 g/mol. The van der Waals surface area contributed by atoms with Crippen molar-refractivity contribution < 1.29 is 14.3 Å². The van der Waals surface area contributed by atoms with E-state index in [-0.39, 0.29) is 11.4 Å². The minimum atomic E-state index is -0.322. The summed E-state index contributed by atoms with van der Waals surface area (Å²) in [6.45, 7) is 9.51. The zero-order valence-corrected chi connectivity index (χ0v) is 9.47. The molecular formula is C11H18O3. The van der Waals surface area contributed by atoms with E-state index in [9.17, 15) is 5.11 Å². The molecule has 0 aliphatic carbocycles. The molecule has 0 aromatic carbocycles.